The van der Waals surface area contributed by atoms with Crippen LogP contribution in [-0.4, -0.2) is 24.7 Å². The van der Waals surface area contributed by atoms with Crippen LogP contribution >= 0.6 is 33.9 Å². The summed E-state index contributed by atoms with van der Waals surface area (Å²) in [6, 6.07) is 4.79. The molecule has 5 nitrogen and oxygen atoms in total. The van der Waals surface area contributed by atoms with Crippen LogP contribution in [0, 0.1) is 9.39 Å². The van der Waals surface area contributed by atoms with Crippen LogP contribution in [0.4, 0.5) is 9.52 Å². The van der Waals surface area contributed by atoms with Gasteiger partial charge in [0.15, 0.2) is 22.4 Å². The predicted molar refractivity (Wildman–Crippen MR) is 90.8 cm³/mol. The van der Waals surface area contributed by atoms with E-state index >= 15 is 0 Å². The first kappa shape index (κ1) is 16.9. The van der Waals surface area contributed by atoms with E-state index in [1.165, 1.54) is 24.5 Å². The van der Waals surface area contributed by atoms with Crippen molar-refractivity contribution in [2.45, 2.75) is 12.8 Å². The lowest BCUT2D eigenvalue weighted by Gasteiger charge is -2.07. The molecule has 0 aliphatic heterocycles. The molecule has 1 aromatic carbocycles. The van der Waals surface area contributed by atoms with Crippen LogP contribution < -0.4 is 10.5 Å². The summed E-state index contributed by atoms with van der Waals surface area (Å²) in [6.07, 6.45) is 1.17. The quantitative estimate of drug-likeness (QED) is 0.428. The van der Waals surface area contributed by atoms with E-state index in [-0.39, 0.29) is 17.3 Å². The van der Waals surface area contributed by atoms with Crippen molar-refractivity contribution in [3.05, 3.63) is 38.2 Å². The zero-order valence-electron chi connectivity index (χ0n) is 11.8. The summed E-state index contributed by atoms with van der Waals surface area (Å²) < 4.78 is 24.5. The van der Waals surface area contributed by atoms with Gasteiger partial charge in [-0.1, -0.05) is 0 Å². The van der Waals surface area contributed by atoms with Gasteiger partial charge in [0.05, 0.1) is 13.7 Å². The molecule has 0 saturated heterocycles. The summed E-state index contributed by atoms with van der Waals surface area (Å²) in [6.45, 7) is 0.329. The molecule has 2 aromatic rings. The van der Waals surface area contributed by atoms with Crippen molar-refractivity contribution in [2.24, 2.45) is 0 Å². The van der Waals surface area contributed by atoms with E-state index in [9.17, 15) is 9.18 Å². The number of thiazole rings is 1. The molecule has 0 spiro atoms. The van der Waals surface area contributed by atoms with E-state index in [1.54, 1.807) is 12.1 Å². The predicted octanol–water partition coefficient (Wildman–Crippen LogP) is 3.27. The molecule has 0 aliphatic rings. The lowest BCUT2D eigenvalue weighted by molar-refractivity contribution is 0.0593. The first-order valence-electron chi connectivity index (χ1n) is 6.42. The number of esters is 1. The number of aromatic nitrogens is 1. The van der Waals surface area contributed by atoms with Crippen molar-refractivity contribution >= 4 is 45.0 Å². The average molecular weight is 436 g/mol. The van der Waals surface area contributed by atoms with Gasteiger partial charge < -0.3 is 15.2 Å². The number of anilines is 1. The van der Waals surface area contributed by atoms with Crippen molar-refractivity contribution < 1.29 is 18.7 Å². The number of benzene rings is 1. The summed E-state index contributed by atoms with van der Waals surface area (Å²) in [4.78, 5) is 16.3. The zero-order valence-corrected chi connectivity index (χ0v) is 14.7. The Morgan fingerprint density at radius 3 is 2.95 bits per heavy atom. The maximum Gasteiger partial charge on any atom is 0.357 e. The molecule has 2 N–H and O–H groups in total. The smallest absolute Gasteiger partial charge is 0.357 e. The average Bonchev–Trinajstić information content (AvgIpc) is 2.85. The van der Waals surface area contributed by atoms with Crippen molar-refractivity contribution in [2.75, 3.05) is 19.5 Å². The number of nitrogens with two attached hydrogens (primary N) is 1. The molecule has 8 heteroatoms. The number of carbonyl (C=O) groups is 1. The van der Waals surface area contributed by atoms with E-state index in [4.69, 9.17) is 10.5 Å². The number of ether oxygens (including phenoxy) is 2. The highest BCUT2D eigenvalue weighted by atomic mass is 127. The Hall–Kier alpha value is -1.42. The number of hydrogen-bond donors (Lipinski definition) is 1. The van der Waals surface area contributed by atoms with Gasteiger partial charge in [-0.2, -0.15) is 0 Å². The number of rotatable bonds is 6. The highest BCUT2D eigenvalue weighted by Crippen LogP contribution is 2.23. The van der Waals surface area contributed by atoms with Gasteiger partial charge in [0.1, 0.15) is 0 Å². The first-order valence-corrected chi connectivity index (χ1v) is 8.32. The highest BCUT2D eigenvalue weighted by molar-refractivity contribution is 14.1. The van der Waals surface area contributed by atoms with Gasteiger partial charge in [-0.15, -0.1) is 11.3 Å². The van der Waals surface area contributed by atoms with Crippen molar-refractivity contribution in [1.82, 2.24) is 4.98 Å². The van der Waals surface area contributed by atoms with Gasteiger partial charge in [-0.05, 0) is 53.6 Å². The molecule has 118 valence electrons. The van der Waals surface area contributed by atoms with E-state index in [1.807, 2.05) is 22.6 Å². The molecule has 0 unspecified atom stereocenters. The first-order chi connectivity index (χ1) is 10.5. The molecule has 1 heterocycles. The van der Waals surface area contributed by atoms with Gasteiger partial charge in [0.2, 0.25) is 0 Å². The van der Waals surface area contributed by atoms with Crippen LogP contribution in [-0.2, 0) is 11.2 Å². The third kappa shape index (κ3) is 4.29. The zero-order chi connectivity index (χ0) is 16.1. The molecular formula is C14H14FIN2O3S. The molecule has 0 fully saturated rings. The number of carbonyl (C=O) groups excluding carboxylic acids is 1. The van der Waals surface area contributed by atoms with Gasteiger partial charge >= 0.3 is 5.97 Å². The van der Waals surface area contributed by atoms with Crippen LogP contribution in [0.15, 0.2) is 18.2 Å². The third-order valence-corrected chi connectivity index (χ3v) is 4.41. The summed E-state index contributed by atoms with van der Waals surface area (Å²) in [5, 5.41) is 0.319. The Bertz CT molecular complexity index is 678. The second-order valence-corrected chi connectivity index (χ2v) is 6.70. The maximum absolute atomic E-state index is 13.6. The Morgan fingerprint density at radius 1 is 1.50 bits per heavy atom. The molecule has 1 aromatic heterocycles. The summed E-state index contributed by atoms with van der Waals surface area (Å²) in [7, 11) is 1.30. The largest absolute Gasteiger partial charge is 0.491 e. The molecule has 0 saturated carbocycles. The van der Waals surface area contributed by atoms with E-state index in [0.29, 0.717) is 24.6 Å². The molecule has 0 amide bonds. The van der Waals surface area contributed by atoms with Gasteiger partial charge in [-0.3, -0.25) is 0 Å². The third-order valence-electron chi connectivity index (χ3n) is 2.79. The monoisotopic (exact) mass is 436 g/mol. The van der Waals surface area contributed by atoms with Crippen molar-refractivity contribution in [1.29, 1.82) is 0 Å². The molecule has 0 bridgehead atoms. The molecular weight excluding hydrogens is 422 g/mol. The lowest BCUT2D eigenvalue weighted by Crippen LogP contribution is -2.06. The maximum atomic E-state index is 13.6. The minimum absolute atomic E-state index is 0.220. The van der Waals surface area contributed by atoms with Crippen LogP contribution in [0.25, 0.3) is 0 Å². The minimum atomic E-state index is -0.507. The fourth-order valence-electron chi connectivity index (χ4n) is 1.80. The van der Waals surface area contributed by atoms with E-state index in [0.717, 1.165) is 8.45 Å². The van der Waals surface area contributed by atoms with Gasteiger partial charge in [-0.25, -0.2) is 14.2 Å². The summed E-state index contributed by atoms with van der Waals surface area (Å²) in [5.41, 5.74) is 5.86. The number of halogens is 2. The topological polar surface area (TPSA) is 74.4 Å². The Morgan fingerprint density at radius 2 is 2.27 bits per heavy atom. The van der Waals surface area contributed by atoms with Crippen molar-refractivity contribution in [3.63, 3.8) is 0 Å². The number of nitrogen functional groups attached to an aromatic ring is 1. The second-order valence-electron chi connectivity index (χ2n) is 4.34. The normalized spacial score (nSPS) is 10.5. The van der Waals surface area contributed by atoms with Crippen LogP contribution in [0.5, 0.6) is 5.75 Å². The van der Waals surface area contributed by atoms with E-state index in [2.05, 4.69) is 9.72 Å². The molecule has 22 heavy (non-hydrogen) atoms. The van der Waals surface area contributed by atoms with Crippen LogP contribution in [0.1, 0.15) is 21.8 Å². The molecule has 0 aliphatic carbocycles. The van der Waals surface area contributed by atoms with E-state index < -0.39 is 5.97 Å². The molecule has 0 atom stereocenters. The highest BCUT2D eigenvalue weighted by Gasteiger charge is 2.17. The SMILES string of the molecule is COC(=O)c1nc(N)sc1CCCOc1ccc(I)cc1F. The fraction of sp³-hybridized carbons (Fsp3) is 0.286. The molecule has 0 radical (unpaired) electrons. The number of hydrogen-bond acceptors (Lipinski definition) is 6. The van der Waals surface area contributed by atoms with Gasteiger partial charge in [0.25, 0.3) is 0 Å². The van der Waals surface area contributed by atoms with Crippen molar-refractivity contribution in [3.8, 4) is 5.75 Å². The lowest BCUT2D eigenvalue weighted by atomic mass is 10.2. The summed E-state index contributed by atoms with van der Waals surface area (Å²) in [5.74, 6) is -0.672. The summed E-state index contributed by atoms with van der Waals surface area (Å²) >= 11 is 3.28. The van der Waals surface area contributed by atoms with Crippen LogP contribution in [0.2, 0.25) is 0 Å². The number of methoxy groups -OCH3 is 1. The molecule has 2 rings (SSSR count). The Kier molecular flexibility index (Phi) is 5.95. The standard InChI is InChI=1S/C14H14FIN2O3S/c1-20-13(19)12-11(22-14(17)18-12)3-2-6-21-10-5-4-8(16)7-9(10)15/h4-5,7H,2-3,6H2,1H3,(H2,17,18). The number of aryl methyl sites for hydroxylation is 1. The Labute approximate surface area is 144 Å². The fourth-order valence-corrected chi connectivity index (χ4v) is 3.12. The second kappa shape index (κ2) is 7.73. The number of nitrogens with zero attached hydrogens (tertiary/aromatic N) is 1. The van der Waals surface area contributed by atoms with Gasteiger partial charge in [0, 0.05) is 8.45 Å². The van der Waals surface area contributed by atoms with Crippen LogP contribution in [0.3, 0.4) is 0 Å². The minimum Gasteiger partial charge on any atom is -0.491 e. The Balaban J connectivity index is 1.90.